The first-order valence-corrected chi connectivity index (χ1v) is 12.3. The number of amides is 1. The molecule has 1 amide bonds. The third kappa shape index (κ3) is 4.59. The van der Waals surface area contributed by atoms with Crippen molar-refractivity contribution in [2.75, 3.05) is 51.3 Å². The third-order valence-electron chi connectivity index (χ3n) is 6.22. The zero-order chi connectivity index (χ0) is 22.7. The number of nitrogens with zero attached hydrogens (tertiary/aromatic N) is 3. The van der Waals surface area contributed by atoms with E-state index in [9.17, 15) is 17.6 Å². The summed E-state index contributed by atoms with van der Waals surface area (Å²) in [6.45, 7) is 2.67. The maximum absolute atomic E-state index is 14.1. The second-order valence-electron chi connectivity index (χ2n) is 8.14. The first kappa shape index (κ1) is 22.5. The van der Waals surface area contributed by atoms with Gasteiger partial charge in [-0.25, -0.2) is 12.8 Å². The van der Waals surface area contributed by atoms with Crippen molar-refractivity contribution in [3.63, 3.8) is 0 Å². The van der Waals surface area contributed by atoms with Crippen LogP contribution in [0.15, 0.2) is 53.4 Å². The molecule has 0 bridgehead atoms. The molecule has 4 rings (SSSR count). The quantitative estimate of drug-likeness (QED) is 0.685. The minimum absolute atomic E-state index is 0.0205. The molecule has 2 heterocycles. The van der Waals surface area contributed by atoms with Gasteiger partial charge < -0.3 is 14.5 Å². The Morgan fingerprint density at radius 2 is 1.69 bits per heavy atom. The molecule has 2 fully saturated rings. The van der Waals surface area contributed by atoms with E-state index in [1.54, 1.807) is 35.2 Å². The van der Waals surface area contributed by atoms with E-state index in [1.165, 1.54) is 29.6 Å². The van der Waals surface area contributed by atoms with Crippen molar-refractivity contribution < 1.29 is 22.3 Å². The molecule has 1 atom stereocenters. The number of methoxy groups -OCH3 is 1. The number of anilines is 1. The van der Waals surface area contributed by atoms with Gasteiger partial charge in [0.1, 0.15) is 11.6 Å². The molecule has 0 radical (unpaired) electrons. The molecule has 0 spiro atoms. The fourth-order valence-electron chi connectivity index (χ4n) is 4.39. The van der Waals surface area contributed by atoms with Crippen LogP contribution in [-0.4, -0.2) is 69.9 Å². The summed E-state index contributed by atoms with van der Waals surface area (Å²) in [4.78, 5) is 17.1. The average molecular weight is 462 g/mol. The molecular formula is C23H28FN3O4S. The molecule has 172 valence electrons. The lowest BCUT2D eigenvalue weighted by Gasteiger charge is -2.39. The molecule has 7 nitrogen and oxygen atoms in total. The molecule has 2 aromatic rings. The first-order chi connectivity index (χ1) is 15.4. The van der Waals surface area contributed by atoms with Crippen LogP contribution in [0.1, 0.15) is 12.8 Å². The van der Waals surface area contributed by atoms with Crippen molar-refractivity contribution in [3.05, 3.63) is 54.3 Å². The Kier molecular flexibility index (Phi) is 6.66. The van der Waals surface area contributed by atoms with Crippen molar-refractivity contribution in [2.45, 2.75) is 17.7 Å². The topological polar surface area (TPSA) is 70.2 Å². The van der Waals surface area contributed by atoms with Crippen molar-refractivity contribution in [3.8, 4) is 5.75 Å². The zero-order valence-corrected chi connectivity index (χ0v) is 18.9. The second kappa shape index (κ2) is 9.46. The van der Waals surface area contributed by atoms with Crippen LogP contribution in [0.3, 0.4) is 0 Å². The number of piperazine rings is 1. The maximum atomic E-state index is 14.1. The highest BCUT2D eigenvalue weighted by Gasteiger charge is 2.36. The van der Waals surface area contributed by atoms with Gasteiger partial charge in [-0.15, -0.1) is 0 Å². The molecule has 0 aromatic heterocycles. The lowest BCUT2D eigenvalue weighted by Crippen LogP contribution is -2.53. The lowest BCUT2D eigenvalue weighted by atomic mass is 9.97. The molecule has 1 unspecified atom stereocenters. The van der Waals surface area contributed by atoms with Gasteiger partial charge >= 0.3 is 0 Å². The summed E-state index contributed by atoms with van der Waals surface area (Å²) in [5.74, 6) is -0.0614. The molecule has 0 saturated carbocycles. The fraction of sp³-hybridized carbons (Fsp3) is 0.435. The van der Waals surface area contributed by atoms with Crippen molar-refractivity contribution in [1.29, 1.82) is 0 Å². The Labute approximate surface area is 188 Å². The van der Waals surface area contributed by atoms with E-state index in [-0.39, 0.29) is 29.1 Å². The summed E-state index contributed by atoms with van der Waals surface area (Å²) in [5.41, 5.74) is 0.550. The van der Waals surface area contributed by atoms with Crippen molar-refractivity contribution in [2.24, 2.45) is 5.92 Å². The Hall–Kier alpha value is -2.65. The maximum Gasteiger partial charge on any atom is 0.243 e. The van der Waals surface area contributed by atoms with Gasteiger partial charge in [-0.1, -0.05) is 12.1 Å². The minimum atomic E-state index is -3.68. The van der Waals surface area contributed by atoms with Gasteiger partial charge in [0.25, 0.3) is 0 Å². The average Bonchev–Trinajstić information content (AvgIpc) is 2.84. The second-order valence-corrected chi connectivity index (χ2v) is 10.1. The van der Waals surface area contributed by atoms with Crippen LogP contribution in [0.4, 0.5) is 10.1 Å². The SMILES string of the molecule is COc1ccc(S(=O)(=O)N2CCCC(C(=O)N3CCN(c4ccccc4F)CC3)C2)cc1. The molecule has 9 heteroatoms. The highest BCUT2D eigenvalue weighted by molar-refractivity contribution is 7.89. The van der Waals surface area contributed by atoms with E-state index in [4.69, 9.17) is 4.74 Å². The largest absolute Gasteiger partial charge is 0.497 e. The van der Waals surface area contributed by atoms with Crippen LogP contribution in [-0.2, 0) is 14.8 Å². The summed E-state index contributed by atoms with van der Waals surface area (Å²) >= 11 is 0. The number of piperidine rings is 1. The van der Waals surface area contributed by atoms with E-state index < -0.39 is 10.0 Å². The fourth-order valence-corrected chi connectivity index (χ4v) is 5.92. The molecule has 2 aliphatic heterocycles. The number of halogens is 1. The van der Waals surface area contributed by atoms with Crippen LogP contribution in [0, 0.1) is 11.7 Å². The number of rotatable bonds is 5. The van der Waals surface area contributed by atoms with Gasteiger partial charge in [0.2, 0.25) is 15.9 Å². The predicted molar refractivity (Wildman–Crippen MR) is 120 cm³/mol. The number of carbonyl (C=O) groups excluding carboxylic acids is 1. The highest BCUT2D eigenvalue weighted by Crippen LogP contribution is 2.27. The third-order valence-corrected chi connectivity index (χ3v) is 8.09. The first-order valence-electron chi connectivity index (χ1n) is 10.8. The monoisotopic (exact) mass is 461 g/mol. The van der Waals surface area contributed by atoms with Crippen LogP contribution < -0.4 is 9.64 Å². The van der Waals surface area contributed by atoms with Crippen LogP contribution in [0.25, 0.3) is 0 Å². The van der Waals surface area contributed by atoms with Gasteiger partial charge in [-0.05, 0) is 49.2 Å². The number of carbonyl (C=O) groups is 1. The van der Waals surface area contributed by atoms with Gasteiger partial charge in [-0.2, -0.15) is 4.31 Å². The Morgan fingerprint density at radius 3 is 2.34 bits per heavy atom. The summed E-state index contributed by atoms with van der Waals surface area (Å²) in [6.07, 6.45) is 1.31. The summed E-state index contributed by atoms with van der Waals surface area (Å²) in [6, 6.07) is 12.9. The summed E-state index contributed by atoms with van der Waals surface area (Å²) in [7, 11) is -2.15. The number of hydrogen-bond donors (Lipinski definition) is 0. The van der Waals surface area contributed by atoms with Crippen molar-refractivity contribution >= 4 is 21.6 Å². The zero-order valence-electron chi connectivity index (χ0n) is 18.1. The van der Waals surface area contributed by atoms with Gasteiger partial charge in [0.15, 0.2) is 0 Å². The van der Waals surface area contributed by atoms with E-state index in [2.05, 4.69) is 0 Å². The molecule has 0 aliphatic carbocycles. The molecule has 0 N–H and O–H groups in total. The Balaban J connectivity index is 1.39. The molecular weight excluding hydrogens is 433 g/mol. The number of benzene rings is 2. The van der Waals surface area contributed by atoms with Gasteiger partial charge in [0.05, 0.1) is 23.6 Å². The lowest BCUT2D eigenvalue weighted by molar-refractivity contribution is -0.137. The Bertz CT molecular complexity index is 1050. The number of para-hydroxylation sites is 1. The van der Waals surface area contributed by atoms with E-state index in [1.807, 2.05) is 4.90 Å². The normalized spacial score (nSPS) is 20.2. The van der Waals surface area contributed by atoms with Crippen molar-refractivity contribution in [1.82, 2.24) is 9.21 Å². The van der Waals surface area contributed by atoms with E-state index in [0.29, 0.717) is 57.0 Å². The van der Waals surface area contributed by atoms with Gasteiger partial charge in [0, 0.05) is 39.3 Å². The summed E-state index contributed by atoms with van der Waals surface area (Å²) in [5, 5.41) is 0. The van der Waals surface area contributed by atoms with Crippen LogP contribution in [0.5, 0.6) is 5.75 Å². The number of ether oxygens (including phenoxy) is 1. The van der Waals surface area contributed by atoms with Gasteiger partial charge in [-0.3, -0.25) is 4.79 Å². The molecule has 32 heavy (non-hydrogen) atoms. The highest BCUT2D eigenvalue weighted by atomic mass is 32.2. The van der Waals surface area contributed by atoms with Crippen LogP contribution in [0.2, 0.25) is 0 Å². The molecule has 2 saturated heterocycles. The minimum Gasteiger partial charge on any atom is -0.497 e. The number of hydrogen-bond acceptors (Lipinski definition) is 5. The molecule has 2 aromatic carbocycles. The Morgan fingerprint density at radius 1 is 1.00 bits per heavy atom. The van der Waals surface area contributed by atoms with E-state index in [0.717, 1.165) is 0 Å². The number of sulfonamides is 1. The summed E-state index contributed by atoms with van der Waals surface area (Å²) < 4.78 is 46.7. The smallest absolute Gasteiger partial charge is 0.243 e. The molecule has 2 aliphatic rings. The predicted octanol–water partition coefficient (Wildman–Crippen LogP) is 2.58. The van der Waals surface area contributed by atoms with E-state index >= 15 is 0 Å². The standard InChI is InChI=1S/C23H28FN3O4S/c1-31-19-8-10-20(11-9-19)32(29,30)27-12-4-5-18(17-27)23(28)26-15-13-25(14-16-26)22-7-3-2-6-21(22)24/h2-3,6-11,18H,4-5,12-17H2,1H3. The van der Waals surface area contributed by atoms with Crippen LogP contribution >= 0.6 is 0 Å².